The third-order valence-electron chi connectivity index (χ3n) is 2.85. The maximum Gasteiger partial charge on any atom is 0.0734 e. The SMILES string of the molecule is Brc1ccc2c(Nc3ccccc3Br)ccnc2c1. The Morgan fingerprint density at radius 1 is 0.895 bits per heavy atom. The van der Waals surface area contributed by atoms with Crippen molar-refractivity contribution in [3.05, 3.63) is 63.7 Å². The van der Waals surface area contributed by atoms with Gasteiger partial charge < -0.3 is 5.32 Å². The molecule has 4 heteroatoms. The van der Waals surface area contributed by atoms with Gasteiger partial charge in [0.15, 0.2) is 0 Å². The van der Waals surface area contributed by atoms with Crippen LogP contribution in [-0.2, 0) is 0 Å². The van der Waals surface area contributed by atoms with Gasteiger partial charge >= 0.3 is 0 Å². The number of nitrogens with zero attached hydrogens (tertiary/aromatic N) is 1. The van der Waals surface area contributed by atoms with Crippen molar-refractivity contribution in [1.29, 1.82) is 0 Å². The average molecular weight is 378 g/mol. The van der Waals surface area contributed by atoms with E-state index in [0.29, 0.717) is 0 Å². The van der Waals surface area contributed by atoms with Gasteiger partial charge in [-0.25, -0.2) is 0 Å². The molecule has 19 heavy (non-hydrogen) atoms. The Bertz CT molecular complexity index is 741. The molecular formula is C15H10Br2N2. The van der Waals surface area contributed by atoms with E-state index >= 15 is 0 Å². The van der Waals surface area contributed by atoms with Gasteiger partial charge in [-0.15, -0.1) is 0 Å². The van der Waals surface area contributed by atoms with Crippen LogP contribution in [0.25, 0.3) is 10.9 Å². The first-order valence-electron chi connectivity index (χ1n) is 5.80. The molecule has 94 valence electrons. The minimum absolute atomic E-state index is 0.964. The quantitative estimate of drug-likeness (QED) is 0.637. The summed E-state index contributed by atoms with van der Waals surface area (Å²) in [6, 6.07) is 16.1. The first kappa shape index (κ1) is 12.6. The molecule has 0 saturated heterocycles. The first-order chi connectivity index (χ1) is 9.24. The maximum absolute atomic E-state index is 4.39. The maximum atomic E-state index is 4.39. The van der Waals surface area contributed by atoms with Crippen LogP contribution in [0.4, 0.5) is 11.4 Å². The fourth-order valence-corrected chi connectivity index (χ4v) is 2.67. The predicted molar refractivity (Wildman–Crippen MR) is 86.9 cm³/mol. The Morgan fingerprint density at radius 2 is 1.74 bits per heavy atom. The summed E-state index contributed by atoms with van der Waals surface area (Å²) < 4.78 is 2.07. The molecule has 0 unspecified atom stereocenters. The number of pyridine rings is 1. The zero-order valence-corrected chi connectivity index (χ0v) is 13.1. The van der Waals surface area contributed by atoms with Crippen LogP contribution in [-0.4, -0.2) is 4.98 Å². The van der Waals surface area contributed by atoms with Crippen LogP contribution in [0.15, 0.2) is 63.7 Å². The number of rotatable bonds is 2. The molecule has 0 bridgehead atoms. The molecule has 2 aromatic carbocycles. The van der Waals surface area contributed by atoms with Gasteiger partial charge in [-0.3, -0.25) is 4.98 Å². The standard InChI is InChI=1S/C15H10Br2N2/c16-10-5-6-11-13(7-8-18-15(11)9-10)19-14-4-2-1-3-12(14)17/h1-9H,(H,18,19). The Balaban J connectivity index is 2.09. The van der Waals surface area contributed by atoms with Crippen molar-refractivity contribution in [2.24, 2.45) is 0 Å². The van der Waals surface area contributed by atoms with Crippen molar-refractivity contribution < 1.29 is 0 Å². The molecule has 0 saturated carbocycles. The molecule has 0 aliphatic heterocycles. The molecule has 0 aliphatic carbocycles. The van der Waals surface area contributed by atoms with E-state index in [1.165, 1.54) is 0 Å². The average Bonchev–Trinajstić information content (AvgIpc) is 2.41. The second-order valence-electron chi connectivity index (χ2n) is 4.12. The number of anilines is 2. The summed E-state index contributed by atoms with van der Waals surface area (Å²) in [6.07, 6.45) is 1.81. The molecule has 3 rings (SSSR count). The monoisotopic (exact) mass is 376 g/mol. The van der Waals surface area contributed by atoms with Crippen LogP contribution >= 0.6 is 31.9 Å². The summed E-state index contributed by atoms with van der Waals surface area (Å²) in [6.45, 7) is 0. The number of nitrogens with one attached hydrogen (secondary N) is 1. The van der Waals surface area contributed by atoms with E-state index in [0.717, 1.165) is 31.2 Å². The number of fused-ring (bicyclic) bond motifs is 1. The smallest absolute Gasteiger partial charge is 0.0734 e. The number of para-hydroxylation sites is 1. The summed E-state index contributed by atoms with van der Waals surface area (Å²) in [7, 11) is 0. The zero-order chi connectivity index (χ0) is 13.2. The summed E-state index contributed by atoms with van der Waals surface area (Å²) in [5, 5.41) is 4.53. The third-order valence-corrected chi connectivity index (χ3v) is 4.03. The molecule has 2 nitrogen and oxygen atoms in total. The molecule has 0 aliphatic rings. The topological polar surface area (TPSA) is 24.9 Å². The molecule has 0 atom stereocenters. The van der Waals surface area contributed by atoms with Crippen molar-refractivity contribution >= 4 is 54.1 Å². The lowest BCUT2D eigenvalue weighted by Crippen LogP contribution is -1.93. The molecule has 3 aromatic rings. The van der Waals surface area contributed by atoms with Gasteiger partial charge in [-0.1, -0.05) is 28.1 Å². The van der Waals surface area contributed by atoms with Crippen LogP contribution in [0.1, 0.15) is 0 Å². The van der Waals surface area contributed by atoms with E-state index in [4.69, 9.17) is 0 Å². The second kappa shape index (κ2) is 5.31. The van der Waals surface area contributed by atoms with Gasteiger partial charge in [0.05, 0.1) is 11.2 Å². The van der Waals surface area contributed by atoms with E-state index in [1.54, 1.807) is 0 Å². The molecular weight excluding hydrogens is 368 g/mol. The zero-order valence-electron chi connectivity index (χ0n) is 9.90. The predicted octanol–water partition coefficient (Wildman–Crippen LogP) is 5.50. The molecule has 1 heterocycles. The van der Waals surface area contributed by atoms with Gasteiger partial charge in [-0.2, -0.15) is 0 Å². The highest BCUT2D eigenvalue weighted by atomic mass is 79.9. The Kier molecular flexibility index (Phi) is 3.53. The van der Waals surface area contributed by atoms with Crippen molar-refractivity contribution in [2.75, 3.05) is 5.32 Å². The number of halogens is 2. The van der Waals surface area contributed by atoms with Crippen molar-refractivity contribution in [3.63, 3.8) is 0 Å². The van der Waals surface area contributed by atoms with E-state index in [1.807, 2.05) is 48.7 Å². The largest absolute Gasteiger partial charge is 0.354 e. The minimum Gasteiger partial charge on any atom is -0.354 e. The lowest BCUT2D eigenvalue weighted by atomic mass is 10.2. The van der Waals surface area contributed by atoms with Crippen molar-refractivity contribution in [2.45, 2.75) is 0 Å². The molecule has 0 amide bonds. The lowest BCUT2D eigenvalue weighted by Gasteiger charge is -2.11. The number of hydrogen-bond acceptors (Lipinski definition) is 2. The number of benzene rings is 2. The van der Waals surface area contributed by atoms with Crippen molar-refractivity contribution in [1.82, 2.24) is 4.98 Å². The highest BCUT2D eigenvalue weighted by Crippen LogP contribution is 2.30. The summed E-state index contributed by atoms with van der Waals surface area (Å²) in [5.74, 6) is 0. The van der Waals surface area contributed by atoms with Gasteiger partial charge in [0.2, 0.25) is 0 Å². The Morgan fingerprint density at radius 3 is 2.58 bits per heavy atom. The molecule has 1 N–H and O–H groups in total. The fraction of sp³-hybridized carbons (Fsp3) is 0. The van der Waals surface area contributed by atoms with Crippen LogP contribution in [0.3, 0.4) is 0 Å². The molecule has 0 radical (unpaired) electrons. The van der Waals surface area contributed by atoms with Gasteiger partial charge in [-0.05, 0) is 52.3 Å². The van der Waals surface area contributed by atoms with Gasteiger partial charge in [0, 0.05) is 26.2 Å². The fourth-order valence-electron chi connectivity index (χ4n) is 1.94. The van der Waals surface area contributed by atoms with Crippen LogP contribution in [0.5, 0.6) is 0 Å². The summed E-state index contributed by atoms with van der Waals surface area (Å²) in [4.78, 5) is 4.39. The van der Waals surface area contributed by atoms with Crippen LogP contribution < -0.4 is 5.32 Å². The molecule has 0 spiro atoms. The van der Waals surface area contributed by atoms with Gasteiger partial charge in [0.1, 0.15) is 0 Å². The van der Waals surface area contributed by atoms with Crippen LogP contribution in [0.2, 0.25) is 0 Å². The Hall–Kier alpha value is -1.39. The number of aromatic nitrogens is 1. The van der Waals surface area contributed by atoms with E-state index in [-0.39, 0.29) is 0 Å². The van der Waals surface area contributed by atoms with E-state index < -0.39 is 0 Å². The van der Waals surface area contributed by atoms with E-state index in [9.17, 15) is 0 Å². The number of hydrogen-bond donors (Lipinski definition) is 1. The Labute approximate surface area is 128 Å². The summed E-state index contributed by atoms with van der Waals surface area (Å²) in [5.41, 5.74) is 3.05. The second-order valence-corrected chi connectivity index (χ2v) is 5.89. The van der Waals surface area contributed by atoms with Crippen LogP contribution in [0, 0.1) is 0 Å². The van der Waals surface area contributed by atoms with E-state index in [2.05, 4.69) is 48.2 Å². The highest BCUT2D eigenvalue weighted by molar-refractivity contribution is 9.10. The minimum atomic E-state index is 0.964. The van der Waals surface area contributed by atoms with Crippen molar-refractivity contribution in [3.8, 4) is 0 Å². The first-order valence-corrected chi connectivity index (χ1v) is 7.38. The highest BCUT2D eigenvalue weighted by Gasteiger charge is 2.04. The lowest BCUT2D eigenvalue weighted by molar-refractivity contribution is 1.40. The molecule has 0 fully saturated rings. The molecule has 1 aromatic heterocycles. The summed E-state index contributed by atoms with van der Waals surface area (Å²) >= 11 is 7.01. The normalized spacial score (nSPS) is 10.6. The third kappa shape index (κ3) is 2.65. The van der Waals surface area contributed by atoms with Gasteiger partial charge in [0.25, 0.3) is 0 Å².